The Morgan fingerprint density at radius 2 is 2.12 bits per heavy atom. The Hall–Kier alpha value is -2.93. The van der Waals surface area contributed by atoms with E-state index in [1.54, 1.807) is 36.7 Å². The van der Waals surface area contributed by atoms with Gasteiger partial charge in [0.05, 0.1) is 13.0 Å². The van der Waals surface area contributed by atoms with Crippen LogP contribution in [0.1, 0.15) is 17.5 Å². The lowest BCUT2D eigenvalue weighted by molar-refractivity contribution is -0.147. The summed E-state index contributed by atoms with van der Waals surface area (Å²) < 4.78 is 10.9. The van der Waals surface area contributed by atoms with Crippen molar-refractivity contribution < 1.29 is 24.2 Å². The molecule has 136 valence electrons. The van der Waals surface area contributed by atoms with E-state index < -0.39 is 11.5 Å². The molecule has 0 aliphatic carbocycles. The number of carboxylic acid groups (broad SMARTS) is 1. The molecular formula is C19H20N2O5. The van der Waals surface area contributed by atoms with Crippen molar-refractivity contribution in [2.75, 3.05) is 13.2 Å². The summed E-state index contributed by atoms with van der Waals surface area (Å²) in [4.78, 5) is 27.8. The van der Waals surface area contributed by atoms with Crippen LogP contribution in [-0.2, 0) is 27.4 Å². The molecule has 1 unspecified atom stereocenters. The Morgan fingerprint density at radius 3 is 2.81 bits per heavy atom. The smallest absolute Gasteiger partial charge is 0.331 e. The van der Waals surface area contributed by atoms with Gasteiger partial charge in [-0.1, -0.05) is 18.2 Å². The van der Waals surface area contributed by atoms with Gasteiger partial charge in [-0.15, -0.1) is 0 Å². The number of carbonyl (C=O) groups is 2. The zero-order valence-electron chi connectivity index (χ0n) is 14.2. The Bertz CT molecular complexity index is 773. The average Bonchev–Trinajstić information content (AvgIpc) is 3.11. The van der Waals surface area contributed by atoms with Gasteiger partial charge >= 0.3 is 5.97 Å². The molecule has 0 radical (unpaired) electrons. The van der Waals surface area contributed by atoms with Gasteiger partial charge in [0.1, 0.15) is 12.4 Å². The third kappa shape index (κ3) is 4.37. The number of carboxylic acids is 1. The fourth-order valence-electron chi connectivity index (χ4n) is 2.78. The monoisotopic (exact) mass is 356 g/mol. The van der Waals surface area contributed by atoms with E-state index in [0.717, 1.165) is 11.1 Å². The highest BCUT2D eigenvalue weighted by atomic mass is 16.5. The van der Waals surface area contributed by atoms with Crippen molar-refractivity contribution in [3.8, 4) is 5.75 Å². The Morgan fingerprint density at radius 1 is 1.27 bits per heavy atom. The highest BCUT2D eigenvalue weighted by Gasteiger charge is 2.43. The lowest BCUT2D eigenvalue weighted by atomic mass is 9.98. The van der Waals surface area contributed by atoms with Crippen molar-refractivity contribution in [3.05, 3.63) is 59.9 Å². The van der Waals surface area contributed by atoms with E-state index in [4.69, 9.17) is 9.47 Å². The van der Waals surface area contributed by atoms with Crippen molar-refractivity contribution in [3.63, 3.8) is 0 Å². The number of hydrogen-bond acceptors (Lipinski definition) is 5. The predicted octanol–water partition coefficient (Wildman–Crippen LogP) is 1.56. The van der Waals surface area contributed by atoms with Crippen molar-refractivity contribution in [1.82, 2.24) is 10.3 Å². The number of amides is 1. The number of nitrogens with one attached hydrogen (secondary N) is 1. The number of ether oxygens (including phenoxy) is 2. The highest BCUT2D eigenvalue weighted by molar-refractivity contribution is 5.88. The third-order valence-corrected chi connectivity index (χ3v) is 4.20. The van der Waals surface area contributed by atoms with E-state index in [1.165, 1.54) is 0 Å². The van der Waals surface area contributed by atoms with E-state index in [2.05, 4.69) is 10.3 Å². The van der Waals surface area contributed by atoms with E-state index >= 15 is 0 Å². The minimum Gasteiger partial charge on any atom is -0.489 e. The number of aromatic nitrogens is 1. The molecule has 1 aromatic heterocycles. The van der Waals surface area contributed by atoms with Crippen LogP contribution in [0.5, 0.6) is 5.75 Å². The molecule has 2 N–H and O–H groups in total. The van der Waals surface area contributed by atoms with Gasteiger partial charge in [-0.3, -0.25) is 9.78 Å². The van der Waals surface area contributed by atoms with Crippen molar-refractivity contribution in [1.29, 1.82) is 0 Å². The molecule has 7 heteroatoms. The van der Waals surface area contributed by atoms with E-state index in [9.17, 15) is 14.7 Å². The van der Waals surface area contributed by atoms with Crippen molar-refractivity contribution in [2.24, 2.45) is 0 Å². The van der Waals surface area contributed by atoms with Crippen molar-refractivity contribution >= 4 is 11.9 Å². The summed E-state index contributed by atoms with van der Waals surface area (Å²) in [5.74, 6) is -0.796. The van der Waals surface area contributed by atoms with Crippen LogP contribution in [0.15, 0.2) is 48.8 Å². The maximum Gasteiger partial charge on any atom is 0.331 e. The summed E-state index contributed by atoms with van der Waals surface area (Å²) >= 11 is 0. The summed E-state index contributed by atoms with van der Waals surface area (Å²) in [6.45, 7) is 0.690. The number of hydrogen-bond donors (Lipinski definition) is 2. The standard InChI is InChI=1S/C19H20N2O5/c22-17(21-19(18(23)24)6-8-25-13-19)10-14-3-1-5-16(9-14)26-12-15-4-2-7-20-11-15/h1-5,7,9,11H,6,8,10,12-13H2,(H,21,22)(H,23,24). The minimum atomic E-state index is -1.33. The maximum absolute atomic E-state index is 12.3. The number of carbonyl (C=O) groups excluding carboxylic acids is 1. The molecule has 1 aromatic carbocycles. The molecule has 2 heterocycles. The second-order valence-electron chi connectivity index (χ2n) is 6.21. The molecule has 0 bridgehead atoms. The number of pyridine rings is 1. The quantitative estimate of drug-likeness (QED) is 0.781. The summed E-state index contributed by atoms with van der Waals surface area (Å²) in [5.41, 5.74) is 0.358. The summed E-state index contributed by atoms with van der Waals surface area (Å²) in [6.07, 6.45) is 3.76. The summed E-state index contributed by atoms with van der Waals surface area (Å²) in [6, 6.07) is 10.9. The molecule has 3 rings (SSSR count). The van der Waals surface area contributed by atoms with Crippen LogP contribution in [0, 0.1) is 0 Å². The number of benzene rings is 1. The lowest BCUT2D eigenvalue weighted by Crippen LogP contribution is -2.55. The molecule has 1 aliphatic rings. The minimum absolute atomic E-state index is 0.0116. The van der Waals surface area contributed by atoms with E-state index in [1.807, 2.05) is 12.1 Å². The fourth-order valence-corrected chi connectivity index (χ4v) is 2.78. The van der Waals surface area contributed by atoms with Gasteiger partial charge in [-0.05, 0) is 23.8 Å². The topological polar surface area (TPSA) is 97.8 Å². The molecule has 7 nitrogen and oxygen atoms in total. The molecule has 1 aliphatic heterocycles. The van der Waals surface area contributed by atoms with Crippen molar-refractivity contribution in [2.45, 2.75) is 25.0 Å². The predicted molar refractivity (Wildman–Crippen MR) is 92.7 cm³/mol. The van der Waals surface area contributed by atoms with Gasteiger partial charge in [0.25, 0.3) is 0 Å². The second kappa shape index (κ2) is 7.97. The Balaban J connectivity index is 1.59. The molecule has 0 saturated carbocycles. The van der Waals surface area contributed by atoms with Crippen LogP contribution < -0.4 is 10.1 Å². The van der Waals surface area contributed by atoms with E-state index in [0.29, 0.717) is 19.0 Å². The van der Waals surface area contributed by atoms with Crippen LogP contribution in [0.4, 0.5) is 0 Å². The van der Waals surface area contributed by atoms with Crippen LogP contribution in [-0.4, -0.2) is 40.7 Å². The highest BCUT2D eigenvalue weighted by Crippen LogP contribution is 2.20. The maximum atomic E-state index is 12.3. The first-order chi connectivity index (χ1) is 12.6. The first-order valence-electron chi connectivity index (χ1n) is 8.30. The zero-order valence-corrected chi connectivity index (χ0v) is 14.2. The molecule has 2 aromatic rings. The molecular weight excluding hydrogens is 336 g/mol. The Kier molecular flexibility index (Phi) is 5.48. The first kappa shape index (κ1) is 17.9. The molecule has 1 amide bonds. The number of aliphatic carboxylic acids is 1. The van der Waals surface area contributed by atoms with Crippen LogP contribution in [0.25, 0.3) is 0 Å². The van der Waals surface area contributed by atoms with Crippen LogP contribution in [0.3, 0.4) is 0 Å². The fraction of sp³-hybridized carbons (Fsp3) is 0.316. The van der Waals surface area contributed by atoms with Gasteiger partial charge in [-0.2, -0.15) is 0 Å². The van der Waals surface area contributed by atoms with Gasteiger partial charge < -0.3 is 19.9 Å². The molecule has 26 heavy (non-hydrogen) atoms. The average molecular weight is 356 g/mol. The zero-order chi connectivity index (χ0) is 18.4. The normalized spacial score (nSPS) is 19.1. The largest absolute Gasteiger partial charge is 0.489 e. The molecule has 1 fully saturated rings. The molecule has 1 atom stereocenters. The van der Waals surface area contributed by atoms with Crippen LogP contribution >= 0.6 is 0 Å². The molecule has 0 spiro atoms. The third-order valence-electron chi connectivity index (χ3n) is 4.20. The van der Waals surface area contributed by atoms with E-state index in [-0.39, 0.29) is 25.4 Å². The number of rotatable bonds is 7. The Labute approximate surface area is 151 Å². The van der Waals surface area contributed by atoms with Gasteiger partial charge in [-0.25, -0.2) is 4.79 Å². The SMILES string of the molecule is O=C(Cc1cccc(OCc2cccnc2)c1)NC1(C(=O)O)CCOC1. The lowest BCUT2D eigenvalue weighted by Gasteiger charge is -2.23. The summed E-state index contributed by atoms with van der Waals surface area (Å²) in [5, 5.41) is 12.0. The second-order valence-corrected chi connectivity index (χ2v) is 6.21. The van der Waals surface area contributed by atoms with Gasteiger partial charge in [0.15, 0.2) is 5.54 Å². The molecule has 1 saturated heterocycles. The number of nitrogens with zero attached hydrogens (tertiary/aromatic N) is 1. The van der Waals surface area contributed by atoms with Crippen LogP contribution in [0.2, 0.25) is 0 Å². The summed E-state index contributed by atoms with van der Waals surface area (Å²) in [7, 11) is 0. The van der Waals surface area contributed by atoms with Gasteiger partial charge in [0, 0.05) is 31.0 Å². The first-order valence-corrected chi connectivity index (χ1v) is 8.30. The van der Waals surface area contributed by atoms with Gasteiger partial charge in [0.2, 0.25) is 5.91 Å².